The van der Waals surface area contributed by atoms with Gasteiger partial charge in [-0.3, -0.25) is 0 Å². The Morgan fingerprint density at radius 3 is 2.58 bits per heavy atom. The number of rotatable bonds is 2. The van der Waals surface area contributed by atoms with Gasteiger partial charge in [0.25, 0.3) is 0 Å². The molecular weight excluding hydrogens is 235 g/mol. The number of allylic oxidation sites excluding steroid dienone is 1. The third kappa shape index (κ3) is 2.61. The highest BCUT2D eigenvalue weighted by atomic mass is 19.1. The lowest BCUT2D eigenvalue weighted by atomic mass is 9.71. The number of halogens is 1. The molecule has 0 heterocycles. The molecule has 0 nitrogen and oxygen atoms in total. The van der Waals surface area contributed by atoms with Gasteiger partial charge in [0.15, 0.2) is 0 Å². The largest absolute Gasteiger partial charge is 0.206 e. The summed E-state index contributed by atoms with van der Waals surface area (Å²) in [4.78, 5) is 0. The van der Waals surface area contributed by atoms with E-state index in [9.17, 15) is 4.39 Å². The molecule has 2 rings (SSSR count). The third-order valence-electron chi connectivity index (χ3n) is 4.85. The lowest BCUT2D eigenvalue weighted by Gasteiger charge is -2.34. The fourth-order valence-electron chi connectivity index (χ4n) is 3.52. The van der Waals surface area contributed by atoms with Crippen LogP contribution in [-0.2, 0) is 0 Å². The highest BCUT2D eigenvalue weighted by molar-refractivity contribution is 5.42. The van der Waals surface area contributed by atoms with Gasteiger partial charge in [0.2, 0.25) is 0 Å². The highest BCUT2D eigenvalue weighted by Gasteiger charge is 2.30. The minimum atomic E-state index is 0.0150. The van der Waals surface area contributed by atoms with Crippen molar-refractivity contribution in [2.24, 2.45) is 5.92 Å². The van der Waals surface area contributed by atoms with Crippen LogP contribution in [0.5, 0.6) is 0 Å². The molecule has 0 saturated heterocycles. The minimum Gasteiger partial charge on any atom is -0.206 e. The molecule has 0 spiro atoms. The van der Waals surface area contributed by atoms with E-state index in [-0.39, 0.29) is 5.82 Å². The Hall–Kier alpha value is -1.11. The molecule has 1 aliphatic carbocycles. The summed E-state index contributed by atoms with van der Waals surface area (Å²) in [6.45, 7) is 12.4. The van der Waals surface area contributed by atoms with E-state index < -0.39 is 0 Å². The highest BCUT2D eigenvalue weighted by Crippen LogP contribution is 2.44. The van der Waals surface area contributed by atoms with Crippen LogP contribution >= 0.6 is 0 Å². The number of aryl methyl sites for hydroxylation is 2. The van der Waals surface area contributed by atoms with E-state index in [4.69, 9.17) is 0 Å². The van der Waals surface area contributed by atoms with Crippen molar-refractivity contribution >= 4 is 0 Å². The molecule has 1 fully saturated rings. The van der Waals surface area contributed by atoms with E-state index in [0.717, 1.165) is 42.4 Å². The number of benzene rings is 1. The average molecular weight is 260 g/mol. The summed E-state index contributed by atoms with van der Waals surface area (Å²) in [5, 5.41) is 0. The molecule has 0 bridgehead atoms. The topological polar surface area (TPSA) is 0 Å². The molecule has 2 atom stereocenters. The van der Waals surface area contributed by atoms with Gasteiger partial charge in [-0.1, -0.05) is 31.6 Å². The summed E-state index contributed by atoms with van der Waals surface area (Å²) in [5.74, 6) is 0.936. The first-order valence-corrected chi connectivity index (χ1v) is 7.38. The second-order valence-electron chi connectivity index (χ2n) is 6.13. The Labute approximate surface area is 116 Å². The first-order chi connectivity index (χ1) is 8.95. The molecule has 0 aromatic heterocycles. The molecule has 0 aliphatic heterocycles. The van der Waals surface area contributed by atoms with Crippen molar-refractivity contribution in [2.75, 3.05) is 0 Å². The van der Waals surface area contributed by atoms with Gasteiger partial charge >= 0.3 is 0 Å². The molecule has 0 amide bonds. The van der Waals surface area contributed by atoms with Crippen LogP contribution < -0.4 is 0 Å². The molecular formula is C18H25F. The van der Waals surface area contributed by atoms with E-state index in [0.29, 0.717) is 11.8 Å². The normalized spacial score (nSPS) is 23.7. The van der Waals surface area contributed by atoms with Gasteiger partial charge in [0.1, 0.15) is 5.82 Å². The fourth-order valence-corrected chi connectivity index (χ4v) is 3.52. The quantitative estimate of drug-likeness (QED) is 0.607. The van der Waals surface area contributed by atoms with Crippen LogP contribution in [0.2, 0.25) is 0 Å². The summed E-state index contributed by atoms with van der Waals surface area (Å²) in [6, 6.07) is 1.97. The van der Waals surface area contributed by atoms with Crippen molar-refractivity contribution in [2.45, 2.75) is 59.3 Å². The summed E-state index contributed by atoms with van der Waals surface area (Å²) in [5.41, 5.74) is 5.38. The molecule has 19 heavy (non-hydrogen) atoms. The Morgan fingerprint density at radius 2 is 1.95 bits per heavy atom. The summed E-state index contributed by atoms with van der Waals surface area (Å²) in [6.07, 6.45) is 4.36. The van der Waals surface area contributed by atoms with Crippen LogP contribution in [0.3, 0.4) is 0 Å². The predicted molar refractivity (Wildman–Crippen MR) is 80.1 cm³/mol. The second-order valence-corrected chi connectivity index (χ2v) is 6.13. The van der Waals surface area contributed by atoms with Crippen molar-refractivity contribution in [1.82, 2.24) is 0 Å². The second kappa shape index (κ2) is 5.48. The monoisotopic (exact) mass is 260 g/mol. The van der Waals surface area contributed by atoms with E-state index >= 15 is 0 Å². The Morgan fingerprint density at radius 1 is 1.26 bits per heavy atom. The molecule has 1 aromatic rings. The summed E-state index contributed by atoms with van der Waals surface area (Å²) < 4.78 is 14.6. The van der Waals surface area contributed by atoms with E-state index in [1.165, 1.54) is 11.1 Å². The lowest BCUT2D eigenvalue weighted by molar-refractivity contribution is 0.334. The van der Waals surface area contributed by atoms with Gasteiger partial charge in [-0.05, 0) is 74.1 Å². The molecule has 2 unspecified atom stereocenters. The minimum absolute atomic E-state index is 0.0150. The molecule has 1 heteroatoms. The number of hydrogen-bond acceptors (Lipinski definition) is 0. The maximum atomic E-state index is 14.6. The van der Waals surface area contributed by atoms with Crippen LogP contribution in [0.15, 0.2) is 18.2 Å². The maximum Gasteiger partial charge on any atom is 0.129 e. The lowest BCUT2D eigenvalue weighted by Crippen LogP contribution is -2.21. The zero-order valence-electron chi connectivity index (χ0n) is 12.6. The van der Waals surface area contributed by atoms with Crippen molar-refractivity contribution in [3.05, 3.63) is 46.3 Å². The van der Waals surface area contributed by atoms with Gasteiger partial charge in [-0.15, -0.1) is 0 Å². The molecule has 1 saturated carbocycles. The van der Waals surface area contributed by atoms with E-state index in [2.05, 4.69) is 27.4 Å². The first kappa shape index (κ1) is 14.3. The SMILES string of the molecule is C=C1CCC(CC)C(c2c(C)c(C)cc(C)c2F)C1. The smallest absolute Gasteiger partial charge is 0.129 e. The van der Waals surface area contributed by atoms with E-state index in [1.807, 2.05) is 13.0 Å². The van der Waals surface area contributed by atoms with Gasteiger partial charge in [0.05, 0.1) is 0 Å². The zero-order chi connectivity index (χ0) is 14.2. The Bertz CT molecular complexity index is 473. The molecule has 104 valence electrons. The molecule has 0 N–H and O–H groups in total. The Balaban J connectivity index is 2.52. The number of hydrogen-bond donors (Lipinski definition) is 0. The van der Waals surface area contributed by atoms with Crippen LogP contribution in [0.25, 0.3) is 0 Å². The van der Waals surface area contributed by atoms with Crippen LogP contribution in [-0.4, -0.2) is 0 Å². The first-order valence-electron chi connectivity index (χ1n) is 7.38. The molecule has 1 aromatic carbocycles. The predicted octanol–water partition coefficient (Wildman–Crippen LogP) is 5.60. The van der Waals surface area contributed by atoms with Crippen molar-refractivity contribution in [3.63, 3.8) is 0 Å². The zero-order valence-corrected chi connectivity index (χ0v) is 12.6. The van der Waals surface area contributed by atoms with Gasteiger partial charge < -0.3 is 0 Å². The third-order valence-corrected chi connectivity index (χ3v) is 4.85. The average Bonchev–Trinajstić information content (AvgIpc) is 2.37. The van der Waals surface area contributed by atoms with Crippen molar-refractivity contribution in [1.29, 1.82) is 0 Å². The van der Waals surface area contributed by atoms with Crippen LogP contribution in [0.4, 0.5) is 4.39 Å². The van der Waals surface area contributed by atoms with Crippen LogP contribution in [0, 0.1) is 32.5 Å². The molecule has 0 radical (unpaired) electrons. The maximum absolute atomic E-state index is 14.6. The molecule has 1 aliphatic rings. The summed E-state index contributed by atoms with van der Waals surface area (Å²) >= 11 is 0. The fraction of sp³-hybridized carbons (Fsp3) is 0.556. The van der Waals surface area contributed by atoms with E-state index in [1.54, 1.807) is 0 Å². The van der Waals surface area contributed by atoms with Crippen molar-refractivity contribution in [3.8, 4) is 0 Å². The Kier molecular flexibility index (Phi) is 4.13. The van der Waals surface area contributed by atoms with Gasteiger partial charge in [-0.2, -0.15) is 0 Å². The van der Waals surface area contributed by atoms with Gasteiger partial charge in [0, 0.05) is 0 Å². The standard InChI is InChI=1S/C18H25F/c1-6-15-8-7-11(2)9-16(15)17-14(5)12(3)10-13(4)18(17)19/h10,15-16H,2,6-9H2,1,3-5H3. The van der Waals surface area contributed by atoms with Crippen molar-refractivity contribution < 1.29 is 4.39 Å². The summed E-state index contributed by atoms with van der Waals surface area (Å²) in [7, 11) is 0. The van der Waals surface area contributed by atoms with Crippen LogP contribution in [0.1, 0.15) is 60.8 Å². The van der Waals surface area contributed by atoms with Gasteiger partial charge in [-0.25, -0.2) is 4.39 Å².